The zero-order valence-electron chi connectivity index (χ0n) is 15.1. The first-order valence-corrected chi connectivity index (χ1v) is 9.55. The quantitative estimate of drug-likeness (QED) is 0.356. The van der Waals surface area contributed by atoms with Gasteiger partial charge in [0.05, 0.1) is 16.9 Å². The summed E-state index contributed by atoms with van der Waals surface area (Å²) in [7, 11) is 0. The predicted molar refractivity (Wildman–Crippen MR) is 110 cm³/mol. The van der Waals surface area contributed by atoms with Crippen LogP contribution in [0.25, 0.3) is 5.69 Å². The van der Waals surface area contributed by atoms with Crippen LogP contribution in [0.2, 0.25) is 0 Å². The molecule has 0 atom stereocenters. The summed E-state index contributed by atoms with van der Waals surface area (Å²) in [6, 6.07) is 16.1. The Bertz CT molecular complexity index is 953. The minimum Gasteiger partial charge on any atom is -0.452 e. The Balaban J connectivity index is 1.54. The number of aromatic nitrogens is 2. The smallest absolute Gasteiger partial charge is 0.338 e. The number of hydrogen-bond donors (Lipinski definition) is 1. The highest BCUT2D eigenvalue weighted by molar-refractivity contribution is 7.99. The van der Waals surface area contributed by atoms with E-state index in [1.807, 2.05) is 30.5 Å². The summed E-state index contributed by atoms with van der Waals surface area (Å²) >= 11 is 1.56. The van der Waals surface area contributed by atoms with Gasteiger partial charge < -0.3 is 10.1 Å². The molecule has 142 valence electrons. The van der Waals surface area contributed by atoms with Gasteiger partial charge in [-0.1, -0.05) is 18.2 Å². The number of thioether (sulfide) groups is 1. The topological polar surface area (TPSA) is 73.2 Å². The number of amides is 1. The van der Waals surface area contributed by atoms with E-state index in [1.54, 1.807) is 59.0 Å². The van der Waals surface area contributed by atoms with Crippen LogP contribution in [0.1, 0.15) is 10.4 Å². The minimum absolute atomic E-state index is 0.361. The molecule has 0 spiro atoms. The first-order valence-electron chi connectivity index (χ1n) is 8.57. The number of nitrogens with one attached hydrogen (secondary N) is 1. The first-order chi connectivity index (χ1) is 13.7. The molecule has 28 heavy (non-hydrogen) atoms. The average molecular weight is 393 g/mol. The number of ether oxygens (including phenoxy) is 1. The molecule has 0 aliphatic carbocycles. The van der Waals surface area contributed by atoms with E-state index in [2.05, 4.69) is 17.0 Å². The molecular weight excluding hydrogens is 374 g/mol. The van der Waals surface area contributed by atoms with Crippen LogP contribution in [0.5, 0.6) is 0 Å². The second-order valence-corrected chi connectivity index (χ2v) is 6.78. The highest BCUT2D eigenvalue weighted by atomic mass is 32.2. The number of para-hydroxylation sites is 1. The fraction of sp³-hybridized carbons (Fsp3) is 0.0952. The molecule has 0 saturated heterocycles. The van der Waals surface area contributed by atoms with E-state index in [0.717, 1.165) is 16.3 Å². The van der Waals surface area contributed by atoms with Gasteiger partial charge in [0, 0.05) is 23.0 Å². The van der Waals surface area contributed by atoms with Gasteiger partial charge in [0.2, 0.25) is 0 Å². The monoisotopic (exact) mass is 393 g/mol. The van der Waals surface area contributed by atoms with Crippen LogP contribution in [0, 0.1) is 0 Å². The summed E-state index contributed by atoms with van der Waals surface area (Å²) < 4.78 is 6.80. The Hall–Kier alpha value is -3.32. The lowest BCUT2D eigenvalue weighted by atomic mass is 10.2. The zero-order chi connectivity index (χ0) is 19.8. The molecule has 0 unspecified atom stereocenters. The summed E-state index contributed by atoms with van der Waals surface area (Å²) in [5.74, 6) is -0.221. The Morgan fingerprint density at radius 3 is 2.64 bits per heavy atom. The lowest BCUT2D eigenvalue weighted by Gasteiger charge is -2.10. The van der Waals surface area contributed by atoms with Crippen molar-refractivity contribution in [3.63, 3.8) is 0 Å². The van der Waals surface area contributed by atoms with Crippen molar-refractivity contribution in [2.45, 2.75) is 4.90 Å². The van der Waals surface area contributed by atoms with Crippen molar-refractivity contribution in [3.8, 4) is 5.69 Å². The fourth-order valence-electron chi connectivity index (χ4n) is 2.42. The summed E-state index contributed by atoms with van der Waals surface area (Å²) in [6.07, 6.45) is 5.28. The number of benzene rings is 2. The van der Waals surface area contributed by atoms with E-state index in [0.29, 0.717) is 11.3 Å². The average Bonchev–Trinajstić information content (AvgIpc) is 3.26. The molecule has 1 N–H and O–H groups in total. The molecule has 3 rings (SSSR count). The van der Waals surface area contributed by atoms with Crippen molar-refractivity contribution in [2.24, 2.45) is 0 Å². The maximum atomic E-state index is 12.2. The van der Waals surface area contributed by atoms with Gasteiger partial charge in [-0.2, -0.15) is 5.10 Å². The molecule has 1 heterocycles. The van der Waals surface area contributed by atoms with E-state index in [-0.39, 0.29) is 6.61 Å². The highest BCUT2D eigenvalue weighted by Crippen LogP contribution is 2.26. The van der Waals surface area contributed by atoms with Gasteiger partial charge in [0.25, 0.3) is 5.91 Å². The molecule has 0 bridgehead atoms. The van der Waals surface area contributed by atoms with Crippen LogP contribution in [-0.4, -0.2) is 34.0 Å². The second kappa shape index (κ2) is 9.57. The molecule has 1 aromatic heterocycles. The molecule has 0 aliphatic heterocycles. The number of anilines is 1. The Morgan fingerprint density at radius 1 is 1.14 bits per heavy atom. The van der Waals surface area contributed by atoms with Crippen LogP contribution in [-0.2, 0) is 9.53 Å². The molecule has 3 aromatic rings. The lowest BCUT2D eigenvalue weighted by Crippen LogP contribution is -2.21. The summed E-state index contributed by atoms with van der Waals surface area (Å²) in [6.45, 7) is 3.33. The number of nitrogens with zero attached hydrogens (tertiary/aromatic N) is 2. The third-order valence-electron chi connectivity index (χ3n) is 3.72. The van der Waals surface area contributed by atoms with E-state index < -0.39 is 11.9 Å². The van der Waals surface area contributed by atoms with Gasteiger partial charge in [0.1, 0.15) is 0 Å². The standard InChI is InChI=1S/C21H19N3O3S/c1-2-14-28-19-7-4-3-6-18(19)23-20(25)15-27-21(26)16-8-10-17(11-9-16)24-13-5-12-22-24/h2-13H,1,14-15H2,(H,23,25). The molecular formula is C21H19N3O3S. The molecule has 7 heteroatoms. The molecule has 2 aromatic carbocycles. The zero-order valence-corrected chi connectivity index (χ0v) is 15.9. The molecule has 0 aliphatic rings. The van der Waals surface area contributed by atoms with Crippen molar-refractivity contribution >= 4 is 29.3 Å². The van der Waals surface area contributed by atoms with Crippen molar-refractivity contribution in [1.29, 1.82) is 0 Å². The van der Waals surface area contributed by atoms with Crippen molar-refractivity contribution in [3.05, 3.63) is 85.2 Å². The molecule has 6 nitrogen and oxygen atoms in total. The van der Waals surface area contributed by atoms with E-state index >= 15 is 0 Å². The van der Waals surface area contributed by atoms with Crippen molar-refractivity contribution in [2.75, 3.05) is 17.7 Å². The van der Waals surface area contributed by atoms with Crippen LogP contribution >= 0.6 is 11.8 Å². The fourth-order valence-corrected chi connectivity index (χ4v) is 3.16. The number of hydrogen-bond acceptors (Lipinski definition) is 5. The van der Waals surface area contributed by atoms with Crippen LogP contribution < -0.4 is 5.32 Å². The van der Waals surface area contributed by atoms with E-state index in [4.69, 9.17) is 4.74 Å². The van der Waals surface area contributed by atoms with Crippen LogP contribution in [0.3, 0.4) is 0 Å². The first kappa shape index (κ1) is 19.4. The Labute approximate surface area is 167 Å². The summed E-state index contributed by atoms with van der Waals surface area (Å²) in [5, 5.41) is 6.90. The second-order valence-electron chi connectivity index (χ2n) is 5.72. The normalized spacial score (nSPS) is 10.3. The Kier molecular flexibility index (Phi) is 6.64. The van der Waals surface area contributed by atoms with Crippen molar-refractivity contribution in [1.82, 2.24) is 9.78 Å². The SMILES string of the molecule is C=CCSc1ccccc1NC(=O)COC(=O)c1ccc(-n2cccn2)cc1. The summed E-state index contributed by atoms with van der Waals surface area (Å²) in [5.41, 5.74) is 1.87. The third kappa shape index (κ3) is 5.11. The van der Waals surface area contributed by atoms with E-state index in [1.165, 1.54) is 0 Å². The van der Waals surface area contributed by atoms with Gasteiger partial charge in [-0.15, -0.1) is 18.3 Å². The van der Waals surface area contributed by atoms with Gasteiger partial charge in [-0.25, -0.2) is 9.48 Å². The molecule has 1 amide bonds. The van der Waals surface area contributed by atoms with E-state index in [9.17, 15) is 9.59 Å². The number of esters is 1. The molecule has 0 radical (unpaired) electrons. The van der Waals surface area contributed by atoms with Gasteiger partial charge in [0.15, 0.2) is 6.61 Å². The number of carbonyl (C=O) groups is 2. The van der Waals surface area contributed by atoms with Crippen molar-refractivity contribution < 1.29 is 14.3 Å². The maximum Gasteiger partial charge on any atom is 0.338 e. The molecule has 0 saturated carbocycles. The highest BCUT2D eigenvalue weighted by Gasteiger charge is 2.12. The Morgan fingerprint density at radius 2 is 1.93 bits per heavy atom. The maximum absolute atomic E-state index is 12.2. The van der Waals surface area contributed by atoms with Crippen LogP contribution in [0.4, 0.5) is 5.69 Å². The van der Waals surface area contributed by atoms with Gasteiger partial charge >= 0.3 is 5.97 Å². The molecule has 0 fully saturated rings. The largest absolute Gasteiger partial charge is 0.452 e. The predicted octanol–water partition coefficient (Wildman–Crippen LogP) is 3.95. The lowest BCUT2D eigenvalue weighted by molar-refractivity contribution is -0.119. The van der Waals surface area contributed by atoms with Gasteiger partial charge in [-0.05, 0) is 42.5 Å². The van der Waals surface area contributed by atoms with Crippen LogP contribution in [0.15, 0.2) is 84.5 Å². The number of carbonyl (C=O) groups excluding carboxylic acids is 2. The minimum atomic E-state index is -0.559. The third-order valence-corrected chi connectivity index (χ3v) is 4.79. The summed E-state index contributed by atoms with van der Waals surface area (Å²) in [4.78, 5) is 25.2. The number of rotatable bonds is 8. The van der Waals surface area contributed by atoms with Gasteiger partial charge in [-0.3, -0.25) is 4.79 Å².